The van der Waals surface area contributed by atoms with Crippen LogP contribution in [0.2, 0.25) is 0 Å². The minimum atomic E-state index is -4.09. The van der Waals surface area contributed by atoms with E-state index in [9.17, 15) is 8.42 Å². The third-order valence-electron chi connectivity index (χ3n) is 6.22. The van der Waals surface area contributed by atoms with Crippen molar-refractivity contribution in [1.82, 2.24) is 9.97 Å². The number of nitrogens with one attached hydrogen (secondary N) is 1. The first-order valence-electron chi connectivity index (χ1n) is 12.9. The zero-order chi connectivity index (χ0) is 29.0. The van der Waals surface area contributed by atoms with Gasteiger partial charge >= 0.3 is 0 Å². The predicted octanol–water partition coefficient (Wildman–Crippen LogP) is 5.86. The van der Waals surface area contributed by atoms with Gasteiger partial charge < -0.3 is 23.7 Å². The first kappa shape index (κ1) is 28.8. The van der Waals surface area contributed by atoms with E-state index >= 15 is 0 Å². The largest absolute Gasteiger partial charge is 0.493 e. The first-order chi connectivity index (χ1) is 19.6. The van der Waals surface area contributed by atoms with E-state index in [0.29, 0.717) is 23.0 Å². The van der Waals surface area contributed by atoms with Gasteiger partial charge in [0.1, 0.15) is 19.5 Å². The molecule has 2 aromatic heterocycles. The van der Waals surface area contributed by atoms with Crippen molar-refractivity contribution < 1.29 is 32.1 Å². The topological polar surface area (TPSA) is 118 Å². The summed E-state index contributed by atoms with van der Waals surface area (Å²) in [5.41, 5.74) is 0.876. The fraction of sp³-hybridized carbons (Fsp3) is 0.310. The van der Waals surface area contributed by atoms with Crippen LogP contribution >= 0.6 is 11.3 Å². The van der Waals surface area contributed by atoms with E-state index in [1.807, 2.05) is 17.5 Å². The fourth-order valence-corrected chi connectivity index (χ4v) is 5.64. The summed E-state index contributed by atoms with van der Waals surface area (Å²) >= 11 is 1.41. The molecule has 0 spiro atoms. The van der Waals surface area contributed by atoms with Gasteiger partial charge in [0.15, 0.2) is 23.1 Å². The summed E-state index contributed by atoms with van der Waals surface area (Å²) in [6, 6.07) is 17.4. The van der Waals surface area contributed by atoms with Crippen molar-refractivity contribution in [1.29, 1.82) is 0 Å². The van der Waals surface area contributed by atoms with Gasteiger partial charge in [-0.1, -0.05) is 51.1 Å². The lowest BCUT2D eigenvalue weighted by Crippen LogP contribution is -2.21. The standard InChI is InChI=1S/C29H31N3O7S2/c1-29(2,3)19-11-13-21(14-12-19)41(33,34)32-27-25(39-23-9-6-5-8-22(23)35-4)28(37-17-20-16-36-18-38-20)31-26(30-27)24-10-7-15-40-24/h5-15,20H,16-18H2,1-4H3,(H,30,31,32)/t20-/m0/s1. The lowest BCUT2D eigenvalue weighted by molar-refractivity contribution is 0.0311. The molecule has 1 aliphatic rings. The van der Waals surface area contributed by atoms with Crippen molar-refractivity contribution in [3.63, 3.8) is 0 Å². The summed E-state index contributed by atoms with van der Waals surface area (Å²) in [7, 11) is -2.58. The Morgan fingerprint density at radius 3 is 2.41 bits per heavy atom. The monoisotopic (exact) mass is 597 g/mol. The number of ether oxygens (including phenoxy) is 5. The minimum Gasteiger partial charge on any atom is -0.493 e. The van der Waals surface area contributed by atoms with E-state index in [1.54, 1.807) is 48.5 Å². The molecule has 3 heterocycles. The van der Waals surface area contributed by atoms with E-state index < -0.39 is 10.0 Å². The molecule has 10 nitrogen and oxygen atoms in total. The van der Waals surface area contributed by atoms with Crippen LogP contribution in [0.4, 0.5) is 5.82 Å². The normalized spacial score (nSPS) is 15.5. The van der Waals surface area contributed by atoms with Gasteiger partial charge in [0.05, 0.1) is 23.5 Å². The minimum absolute atomic E-state index is 0.0244. The number of thiophene rings is 1. The lowest BCUT2D eigenvalue weighted by atomic mass is 9.87. The van der Waals surface area contributed by atoms with Crippen molar-refractivity contribution in [2.45, 2.75) is 37.2 Å². The molecule has 0 radical (unpaired) electrons. The highest BCUT2D eigenvalue weighted by molar-refractivity contribution is 7.92. The van der Waals surface area contributed by atoms with E-state index in [1.165, 1.54) is 18.4 Å². The van der Waals surface area contributed by atoms with Crippen LogP contribution in [-0.4, -0.2) is 51.6 Å². The van der Waals surface area contributed by atoms with Crippen LogP contribution in [0.25, 0.3) is 10.7 Å². The molecule has 0 aliphatic carbocycles. The Labute approximate surface area is 243 Å². The molecule has 0 saturated carbocycles. The smallest absolute Gasteiger partial charge is 0.263 e. The van der Waals surface area contributed by atoms with Crippen molar-refractivity contribution in [2.75, 3.05) is 31.8 Å². The molecular weight excluding hydrogens is 566 g/mol. The van der Waals surface area contributed by atoms with Gasteiger partial charge in [0.2, 0.25) is 5.75 Å². The van der Waals surface area contributed by atoms with Crippen LogP contribution in [0, 0.1) is 0 Å². The summed E-state index contributed by atoms with van der Waals surface area (Å²) in [6.07, 6.45) is -0.323. The van der Waals surface area contributed by atoms with Gasteiger partial charge in [-0.15, -0.1) is 11.3 Å². The fourth-order valence-electron chi connectivity index (χ4n) is 3.98. The lowest BCUT2D eigenvalue weighted by Gasteiger charge is -2.20. The number of hydrogen-bond acceptors (Lipinski definition) is 10. The summed E-state index contributed by atoms with van der Waals surface area (Å²) in [5.74, 6) is 0.941. The number of rotatable bonds is 10. The molecule has 1 aliphatic heterocycles. The molecule has 216 valence electrons. The van der Waals surface area contributed by atoms with Gasteiger partial charge in [-0.05, 0) is 46.7 Å². The van der Waals surface area contributed by atoms with Crippen LogP contribution in [0.5, 0.6) is 23.1 Å². The molecule has 41 heavy (non-hydrogen) atoms. The average Bonchev–Trinajstić information content (AvgIpc) is 3.68. The second-order valence-electron chi connectivity index (χ2n) is 10.2. The van der Waals surface area contributed by atoms with E-state index in [-0.39, 0.29) is 53.1 Å². The number of aromatic nitrogens is 2. The van der Waals surface area contributed by atoms with Crippen LogP contribution in [0.1, 0.15) is 26.3 Å². The van der Waals surface area contributed by atoms with E-state index in [4.69, 9.17) is 23.7 Å². The highest BCUT2D eigenvalue weighted by atomic mass is 32.2. The zero-order valence-electron chi connectivity index (χ0n) is 23.1. The maximum atomic E-state index is 13.6. The number of methoxy groups -OCH3 is 1. The molecular formula is C29H31N3O7S2. The van der Waals surface area contributed by atoms with Crippen LogP contribution in [-0.2, 0) is 24.9 Å². The van der Waals surface area contributed by atoms with E-state index in [0.717, 1.165) is 5.56 Å². The maximum absolute atomic E-state index is 13.6. The molecule has 0 bridgehead atoms. The predicted molar refractivity (Wildman–Crippen MR) is 156 cm³/mol. The highest BCUT2D eigenvalue weighted by Crippen LogP contribution is 2.42. The second-order valence-corrected chi connectivity index (χ2v) is 12.9. The summed E-state index contributed by atoms with van der Waals surface area (Å²) in [6.45, 7) is 6.82. The first-order valence-corrected chi connectivity index (χ1v) is 15.2. The highest BCUT2D eigenvalue weighted by Gasteiger charge is 2.27. The van der Waals surface area contributed by atoms with Gasteiger partial charge in [-0.2, -0.15) is 4.98 Å². The quantitative estimate of drug-likeness (QED) is 0.240. The Balaban J connectivity index is 1.59. The molecule has 12 heteroatoms. The summed E-state index contributed by atoms with van der Waals surface area (Å²) in [5, 5.41) is 1.88. The number of hydrogen-bond donors (Lipinski definition) is 1. The molecule has 1 fully saturated rings. The van der Waals surface area contributed by atoms with Crippen LogP contribution < -0.4 is 18.9 Å². The van der Waals surface area contributed by atoms with Crippen molar-refractivity contribution in [3.05, 3.63) is 71.6 Å². The number of sulfonamides is 1. The van der Waals surface area contributed by atoms with Gasteiger partial charge in [-0.25, -0.2) is 13.4 Å². The molecule has 2 aromatic carbocycles. The Hall–Kier alpha value is -3.71. The number of benzene rings is 2. The molecule has 0 unspecified atom stereocenters. The molecule has 5 rings (SSSR count). The molecule has 1 saturated heterocycles. The number of nitrogens with zero attached hydrogens (tertiary/aromatic N) is 2. The Morgan fingerprint density at radius 1 is 1.02 bits per heavy atom. The van der Waals surface area contributed by atoms with Crippen molar-refractivity contribution >= 4 is 27.2 Å². The molecule has 1 N–H and O–H groups in total. The average molecular weight is 598 g/mol. The zero-order valence-corrected chi connectivity index (χ0v) is 24.8. The Kier molecular flexibility index (Phi) is 8.45. The Morgan fingerprint density at radius 2 is 1.78 bits per heavy atom. The third kappa shape index (κ3) is 6.79. The maximum Gasteiger partial charge on any atom is 0.263 e. The number of anilines is 1. The van der Waals surface area contributed by atoms with Gasteiger partial charge in [0.25, 0.3) is 15.9 Å². The SMILES string of the molecule is COc1ccccc1Oc1c(NS(=O)(=O)c2ccc(C(C)(C)C)cc2)nc(-c2cccs2)nc1OC[C@@H]1COCO1. The van der Waals surface area contributed by atoms with Gasteiger partial charge in [0, 0.05) is 0 Å². The molecule has 4 aromatic rings. The Bertz CT molecular complexity index is 1580. The van der Waals surface area contributed by atoms with Crippen LogP contribution in [0.15, 0.2) is 70.9 Å². The summed E-state index contributed by atoms with van der Waals surface area (Å²) < 4.78 is 58.4. The second kappa shape index (κ2) is 12.0. The third-order valence-corrected chi connectivity index (χ3v) is 8.44. The summed E-state index contributed by atoms with van der Waals surface area (Å²) in [4.78, 5) is 9.98. The van der Waals surface area contributed by atoms with E-state index in [2.05, 4.69) is 35.5 Å². The number of para-hydroxylation sites is 2. The van der Waals surface area contributed by atoms with Crippen LogP contribution in [0.3, 0.4) is 0 Å². The molecule has 0 amide bonds. The van der Waals surface area contributed by atoms with Crippen molar-refractivity contribution in [2.24, 2.45) is 0 Å². The van der Waals surface area contributed by atoms with Crippen molar-refractivity contribution in [3.8, 4) is 33.8 Å². The van der Waals surface area contributed by atoms with Gasteiger partial charge in [-0.3, -0.25) is 4.72 Å². The molecule has 1 atom stereocenters.